The van der Waals surface area contributed by atoms with Gasteiger partial charge in [0.25, 0.3) is 0 Å². The van der Waals surface area contributed by atoms with Crippen LogP contribution in [0.2, 0.25) is 0 Å². The van der Waals surface area contributed by atoms with Crippen LogP contribution < -0.4 is 0 Å². The number of hydrogen-bond donors (Lipinski definition) is 0. The van der Waals surface area contributed by atoms with Crippen LogP contribution in [0.15, 0.2) is 0 Å². The number of hydrogen-bond acceptors (Lipinski definition) is 2. The molecule has 0 radical (unpaired) electrons. The zero-order chi connectivity index (χ0) is 12.8. The van der Waals surface area contributed by atoms with Crippen LogP contribution in [0.25, 0.3) is 0 Å². The number of ether oxygens (including phenoxy) is 1. The van der Waals surface area contributed by atoms with E-state index in [4.69, 9.17) is 11.2 Å². The Balaban J connectivity index is 4.31. The molecule has 0 atom stereocenters. The Hall–Kier alpha value is -1.17. The monoisotopic (exact) mass is 225 g/mol. The standard InChI is InChI=1S/C13H23NO2/c1-7-8-9-10-14(11(2)3)12(15)16-13(4,5)6/h1,11H,8-10H2,2-6H3. The molecule has 0 saturated carbocycles. The van der Waals surface area contributed by atoms with Crippen LogP contribution in [0, 0.1) is 12.3 Å². The normalized spacial score (nSPS) is 11.1. The minimum absolute atomic E-state index is 0.132. The number of terminal acetylenes is 1. The molecule has 0 aromatic heterocycles. The first-order chi connectivity index (χ1) is 7.28. The Kier molecular flexibility index (Phi) is 5.95. The molecule has 0 aliphatic rings. The molecular weight excluding hydrogens is 202 g/mol. The minimum Gasteiger partial charge on any atom is -0.444 e. The number of amides is 1. The Morgan fingerprint density at radius 1 is 1.44 bits per heavy atom. The van der Waals surface area contributed by atoms with Crippen molar-refractivity contribution in [3.8, 4) is 12.3 Å². The molecule has 0 fully saturated rings. The molecule has 0 aromatic rings. The molecule has 0 heterocycles. The highest BCUT2D eigenvalue weighted by Crippen LogP contribution is 2.12. The van der Waals surface area contributed by atoms with Crippen LogP contribution >= 0.6 is 0 Å². The molecule has 92 valence electrons. The predicted octanol–water partition coefficient (Wildman–Crippen LogP) is 3.05. The molecule has 0 spiro atoms. The Labute approximate surface area is 99.2 Å². The van der Waals surface area contributed by atoms with E-state index in [0.717, 1.165) is 6.42 Å². The molecular formula is C13H23NO2. The van der Waals surface area contributed by atoms with Crippen molar-refractivity contribution in [2.45, 2.75) is 59.1 Å². The van der Waals surface area contributed by atoms with E-state index in [1.165, 1.54) is 0 Å². The third-order valence-electron chi connectivity index (χ3n) is 1.97. The van der Waals surface area contributed by atoms with Crippen molar-refractivity contribution in [2.75, 3.05) is 6.54 Å². The topological polar surface area (TPSA) is 29.5 Å². The van der Waals surface area contributed by atoms with E-state index >= 15 is 0 Å². The molecule has 0 bridgehead atoms. The van der Waals surface area contributed by atoms with Gasteiger partial charge in [0.05, 0.1) is 0 Å². The average Bonchev–Trinajstić information content (AvgIpc) is 2.08. The summed E-state index contributed by atoms with van der Waals surface area (Å²) in [5, 5.41) is 0. The van der Waals surface area contributed by atoms with Crippen molar-refractivity contribution in [1.29, 1.82) is 0 Å². The lowest BCUT2D eigenvalue weighted by Gasteiger charge is -2.29. The maximum absolute atomic E-state index is 11.8. The van der Waals surface area contributed by atoms with Gasteiger partial charge in [0.2, 0.25) is 0 Å². The third-order valence-corrected chi connectivity index (χ3v) is 1.97. The molecule has 1 amide bonds. The Morgan fingerprint density at radius 3 is 2.38 bits per heavy atom. The summed E-state index contributed by atoms with van der Waals surface area (Å²) >= 11 is 0. The second-order valence-electron chi connectivity index (χ2n) is 5.08. The molecule has 3 nitrogen and oxygen atoms in total. The first kappa shape index (κ1) is 14.8. The molecule has 0 aliphatic heterocycles. The van der Waals surface area contributed by atoms with Gasteiger partial charge in [0.15, 0.2) is 0 Å². The zero-order valence-corrected chi connectivity index (χ0v) is 11.0. The van der Waals surface area contributed by atoms with Gasteiger partial charge in [-0.15, -0.1) is 12.3 Å². The maximum atomic E-state index is 11.8. The second kappa shape index (κ2) is 6.42. The van der Waals surface area contributed by atoms with Crippen LogP contribution in [0.4, 0.5) is 4.79 Å². The van der Waals surface area contributed by atoms with Gasteiger partial charge in [-0.25, -0.2) is 4.79 Å². The van der Waals surface area contributed by atoms with Crippen LogP contribution in [-0.4, -0.2) is 29.2 Å². The van der Waals surface area contributed by atoms with Crippen molar-refractivity contribution < 1.29 is 9.53 Å². The largest absolute Gasteiger partial charge is 0.444 e. The van der Waals surface area contributed by atoms with Crippen molar-refractivity contribution in [3.63, 3.8) is 0 Å². The van der Waals surface area contributed by atoms with E-state index in [-0.39, 0.29) is 12.1 Å². The van der Waals surface area contributed by atoms with E-state index in [9.17, 15) is 4.79 Å². The summed E-state index contributed by atoms with van der Waals surface area (Å²) in [6.07, 6.45) is 6.42. The van der Waals surface area contributed by atoms with Crippen LogP contribution in [0.1, 0.15) is 47.5 Å². The molecule has 0 rings (SSSR count). The molecule has 0 aromatic carbocycles. The predicted molar refractivity (Wildman–Crippen MR) is 66.1 cm³/mol. The summed E-state index contributed by atoms with van der Waals surface area (Å²) < 4.78 is 5.33. The average molecular weight is 225 g/mol. The summed E-state index contributed by atoms with van der Waals surface area (Å²) in [6, 6.07) is 0.132. The number of rotatable bonds is 4. The highest BCUT2D eigenvalue weighted by molar-refractivity contribution is 5.68. The molecule has 0 saturated heterocycles. The van der Waals surface area contributed by atoms with Gasteiger partial charge in [-0.05, 0) is 41.0 Å². The smallest absolute Gasteiger partial charge is 0.410 e. The van der Waals surface area contributed by atoms with Crippen LogP contribution in [-0.2, 0) is 4.74 Å². The first-order valence-electron chi connectivity index (χ1n) is 5.71. The lowest BCUT2D eigenvalue weighted by Crippen LogP contribution is -2.41. The van der Waals surface area contributed by atoms with Crippen molar-refractivity contribution in [2.24, 2.45) is 0 Å². The minimum atomic E-state index is -0.448. The number of unbranched alkanes of at least 4 members (excludes halogenated alkanes) is 1. The highest BCUT2D eigenvalue weighted by Gasteiger charge is 2.23. The summed E-state index contributed by atoms with van der Waals surface area (Å²) in [5.41, 5.74) is -0.448. The molecule has 0 aliphatic carbocycles. The van der Waals surface area contributed by atoms with Crippen molar-refractivity contribution in [1.82, 2.24) is 4.90 Å². The van der Waals surface area contributed by atoms with Crippen LogP contribution in [0.3, 0.4) is 0 Å². The fourth-order valence-electron chi connectivity index (χ4n) is 1.23. The van der Waals surface area contributed by atoms with Crippen molar-refractivity contribution >= 4 is 6.09 Å². The molecule has 16 heavy (non-hydrogen) atoms. The zero-order valence-electron chi connectivity index (χ0n) is 11.0. The van der Waals surface area contributed by atoms with E-state index in [2.05, 4.69) is 5.92 Å². The van der Waals surface area contributed by atoms with E-state index in [1.54, 1.807) is 4.90 Å². The maximum Gasteiger partial charge on any atom is 0.410 e. The van der Waals surface area contributed by atoms with Gasteiger partial charge in [-0.3, -0.25) is 0 Å². The van der Waals surface area contributed by atoms with Gasteiger partial charge in [0.1, 0.15) is 5.60 Å². The van der Waals surface area contributed by atoms with E-state index < -0.39 is 5.60 Å². The van der Waals surface area contributed by atoms with Gasteiger partial charge < -0.3 is 9.64 Å². The van der Waals surface area contributed by atoms with Gasteiger partial charge >= 0.3 is 6.09 Å². The Bertz CT molecular complexity index is 258. The van der Waals surface area contributed by atoms with Gasteiger partial charge in [-0.2, -0.15) is 0 Å². The van der Waals surface area contributed by atoms with Crippen LogP contribution in [0.5, 0.6) is 0 Å². The molecule has 0 N–H and O–H groups in total. The van der Waals surface area contributed by atoms with Gasteiger partial charge in [-0.1, -0.05) is 0 Å². The third kappa shape index (κ3) is 6.34. The fourth-order valence-corrected chi connectivity index (χ4v) is 1.23. The van der Waals surface area contributed by atoms with Crippen molar-refractivity contribution in [3.05, 3.63) is 0 Å². The van der Waals surface area contributed by atoms with E-state index in [0.29, 0.717) is 13.0 Å². The summed E-state index contributed by atoms with van der Waals surface area (Å²) in [4.78, 5) is 13.6. The highest BCUT2D eigenvalue weighted by atomic mass is 16.6. The SMILES string of the molecule is C#CCCCN(C(=O)OC(C)(C)C)C(C)C. The van der Waals surface area contributed by atoms with Gasteiger partial charge in [0, 0.05) is 19.0 Å². The summed E-state index contributed by atoms with van der Waals surface area (Å²) in [6.45, 7) is 10.2. The quantitative estimate of drug-likeness (QED) is 0.543. The first-order valence-corrected chi connectivity index (χ1v) is 5.71. The Morgan fingerprint density at radius 2 is 2.00 bits per heavy atom. The van der Waals surface area contributed by atoms with E-state index in [1.807, 2.05) is 34.6 Å². The number of nitrogens with zero attached hydrogens (tertiary/aromatic N) is 1. The fraction of sp³-hybridized carbons (Fsp3) is 0.769. The lowest BCUT2D eigenvalue weighted by atomic mass is 10.2. The second-order valence-corrected chi connectivity index (χ2v) is 5.08. The lowest BCUT2D eigenvalue weighted by molar-refractivity contribution is 0.0190. The number of carbonyl (C=O) groups is 1. The summed E-state index contributed by atoms with van der Waals surface area (Å²) in [7, 11) is 0. The number of carbonyl (C=O) groups excluding carboxylic acids is 1. The molecule has 0 unspecified atom stereocenters. The summed E-state index contributed by atoms with van der Waals surface area (Å²) in [5.74, 6) is 2.57. The molecule has 3 heteroatoms.